The Morgan fingerprint density at radius 2 is 2.09 bits per heavy atom. The van der Waals surface area contributed by atoms with Crippen LogP contribution in [0.3, 0.4) is 0 Å². The van der Waals surface area contributed by atoms with Gasteiger partial charge in [-0.05, 0) is 41.9 Å². The zero-order chi connectivity index (χ0) is 16.9. The second-order valence-electron chi connectivity index (χ2n) is 3.82. The molecular formula is C12H12BrFN2O5S. The number of halogens is 2. The molecule has 0 radical (unpaired) electrons. The molecule has 0 aliphatic carbocycles. The number of benzene rings is 1. The van der Waals surface area contributed by atoms with Crippen molar-refractivity contribution >= 4 is 49.5 Å². The van der Waals surface area contributed by atoms with E-state index in [9.17, 15) is 22.4 Å². The molecule has 1 rings (SSSR count). The van der Waals surface area contributed by atoms with Crippen molar-refractivity contribution in [2.75, 3.05) is 16.7 Å². The van der Waals surface area contributed by atoms with Gasteiger partial charge in [0.05, 0.1) is 18.0 Å². The molecule has 10 heteroatoms. The van der Waals surface area contributed by atoms with Gasteiger partial charge < -0.3 is 4.74 Å². The van der Waals surface area contributed by atoms with Crippen LogP contribution < -0.4 is 4.31 Å². The number of hydrogen-bond donors (Lipinski definition) is 0. The maximum absolute atomic E-state index is 13.6. The second-order valence-corrected chi connectivity index (χ2v) is 6.78. The fourth-order valence-corrected chi connectivity index (χ4v) is 3.09. The number of sulfonamides is 1. The maximum atomic E-state index is 13.6. The van der Waals surface area contributed by atoms with Crippen molar-refractivity contribution in [3.8, 4) is 0 Å². The van der Waals surface area contributed by atoms with E-state index >= 15 is 0 Å². The minimum Gasteiger partial charge on any atom is -0.449 e. The summed E-state index contributed by atoms with van der Waals surface area (Å²) < 4.78 is 43.0. The topological polar surface area (TPSA) is 93.1 Å². The Balaban J connectivity index is 3.59. The number of rotatable bonds is 5. The predicted octanol–water partition coefficient (Wildman–Crippen LogP) is 2.87. The largest absolute Gasteiger partial charge is 0.449 e. The molecule has 1 aromatic carbocycles. The zero-order valence-electron chi connectivity index (χ0n) is 11.7. The van der Waals surface area contributed by atoms with Gasteiger partial charge in [0.1, 0.15) is 5.69 Å². The number of isocyanates is 1. The summed E-state index contributed by atoms with van der Waals surface area (Å²) in [6, 6.07) is 1.83. The van der Waals surface area contributed by atoms with Crippen LogP contribution in [0.25, 0.3) is 0 Å². The minimum absolute atomic E-state index is 0.0140. The molecule has 0 N–H and O–H groups in total. The lowest BCUT2D eigenvalue weighted by molar-refractivity contribution is 0.164. The van der Waals surface area contributed by atoms with Crippen molar-refractivity contribution in [2.45, 2.75) is 13.8 Å². The molecule has 22 heavy (non-hydrogen) atoms. The number of anilines is 1. The number of hydrogen-bond acceptors (Lipinski definition) is 6. The molecule has 0 saturated carbocycles. The van der Waals surface area contributed by atoms with E-state index in [1.807, 2.05) is 0 Å². The highest BCUT2D eigenvalue weighted by molar-refractivity contribution is 9.10. The smallest absolute Gasteiger partial charge is 0.428 e. The lowest BCUT2D eigenvalue weighted by atomic mass is 10.2. The van der Waals surface area contributed by atoms with Gasteiger partial charge in [-0.1, -0.05) is 0 Å². The number of aliphatic imine (C=N–C) groups is 1. The summed E-state index contributed by atoms with van der Waals surface area (Å²) in [5, 5.41) is 0. The Morgan fingerprint density at radius 1 is 1.45 bits per heavy atom. The highest BCUT2D eigenvalue weighted by Crippen LogP contribution is 2.35. The standard InChI is InChI=1S/C12H12BrFN2O5S/c1-3-21-12(18)16(22(19,20)4-2)11-6-10(15-7-17)9(14)5-8(11)13/h5-6H,3-4H2,1-2H3. The Labute approximate surface area is 135 Å². The van der Waals surface area contributed by atoms with E-state index in [1.54, 1.807) is 0 Å². The average molecular weight is 395 g/mol. The number of carbonyl (C=O) groups excluding carboxylic acids is 2. The van der Waals surface area contributed by atoms with Crippen LogP contribution in [0.2, 0.25) is 0 Å². The molecule has 0 aliphatic rings. The molecular weight excluding hydrogens is 383 g/mol. The zero-order valence-corrected chi connectivity index (χ0v) is 14.1. The Bertz CT molecular complexity index is 731. The summed E-state index contributed by atoms with van der Waals surface area (Å²) in [5.41, 5.74) is -0.662. The number of amides is 1. The first kappa shape index (κ1) is 18.3. The lowest BCUT2D eigenvalue weighted by Crippen LogP contribution is -2.38. The summed E-state index contributed by atoms with van der Waals surface area (Å²) in [4.78, 5) is 25.4. The molecule has 7 nitrogen and oxygen atoms in total. The van der Waals surface area contributed by atoms with Crippen LogP contribution in [0.5, 0.6) is 0 Å². The predicted molar refractivity (Wildman–Crippen MR) is 80.8 cm³/mol. The van der Waals surface area contributed by atoms with Gasteiger partial charge in [-0.25, -0.2) is 22.4 Å². The molecule has 0 heterocycles. The van der Waals surface area contributed by atoms with Gasteiger partial charge in [-0.3, -0.25) is 0 Å². The van der Waals surface area contributed by atoms with Gasteiger partial charge >= 0.3 is 6.09 Å². The van der Waals surface area contributed by atoms with Crippen molar-refractivity contribution in [2.24, 2.45) is 4.99 Å². The van der Waals surface area contributed by atoms with Crippen LogP contribution in [-0.2, 0) is 19.6 Å². The van der Waals surface area contributed by atoms with Crippen molar-refractivity contribution < 1.29 is 27.1 Å². The van der Waals surface area contributed by atoms with E-state index in [4.69, 9.17) is 4.74 Å². The van der Waals surface area contributed by atoms with Crippen molar-refractivity contribution in [1.29, 1.82) is 0 Å². The summed E-state index contributed by atoms with van der Waals surface area (Å²) in [7, 11) is -4.04. The third kappa shape index (κ3) is 3.90. The fourth-order valence-electron chi connectivity index (χ4n) is 1.49. The number of ether oxygens (including phenoxy) is 1. The Kier molecular flexibility index (Phi) is 6.21. The van der Waals surface area contributed by atoms with E-state index < -0.39 is 27.6 Å². The molecule has 1 aromatic rings. The summed E-state index contributed by atoms with van der Waals surface area (Å²) in [6.45, 7) is 2.80. The first-order chi connectivity index (χ1) is 10.3. The van der Waals surface area contributed by atoms with Gasteiger partial charge in [-0.15, -0.1) is 0 Å². The van der Waals surface area contributed by atoms with Gasteiger partial charge in [0.15, 0.2) is 5.82 Å². The first-order valence-electron chi connectivity index (χ1n) is 6.05. The van der Waals surface area contributed by atoms with E-state index in [2.05, 4.69) is 20.9 Å². The SMILES string of the molecule is CCOC(=O)N(c1cc(N=C=O)c(F)cc1Br)S(=O)(=O)CC. The minimum atomic E-state index is -4.04. The molecule has 0 saturated heterocycles. The van der Waals surface area contributed by atoms with Gasteiger partial charge in [-0.2, -0.15) is 9.30 Å². The molecule has 0 aliphatic heterocycles. The first-order valence-corrected chi connectivity index (χ1v) is 8.45. The highest BCUT2D eigenvalue weighted by atomic mass is 79.9. The monoisotopic (exact) mass is 394 g/mol. The molecule has 0 aromatic heterocycles. The summed E-state index contributed by atoms with van der Waals surface area (Å²) in [5.74, 6) is -1.27. The normalized spacial score (nSPS) is 10.7. The Morgan fingerprint density at radius 3 is 2.59 bits per heavy atom. The Hall–Kier alpha value is -1.77. The molecule has 0 unspecified atom stereocenters. The third-order valence-corrected chi connectivity index (χ3v) is 4.74. The van der Waals surface area contributed by atoms with E-state index in [1.165, 1.54) is 13.8 Å². The fraction of sp³-hybridized carbons (Fsp3) is 0.333. The second kappa shape index (κ2) is 7.48. The van der Waals surface area contributed by atoms with E-state index in [0.717, 1.165) is 18.2 Å². The van der Waals surface area contributed by atoms with E-state index in [0.29, 0.717) is 4.31 Å². The van der Waals surface area contributed by atoms with Crippen LogP contribution in [0, 0.1) is 5.82 Å². The van der Waals surface area contributed by atoms with Gasteiger partial charge in [0, 0.05) is 4.47 Å². The molecule has 0 bridgehead atoms. The lowest BCUT2D eigenvalue weighted by Gasteiger charge is -2.22. The number of carbonyl (C=O) groups is 1. The van der Waals surface area contributed by atoms with Crippen molar-refractivity contribution in [1.82, 2.24) is 0 Å². The quantitative estimate of drug-likeness (QED) is 0.565. The molecule has 120 valence electrons. The van der Waals surface area contributed by atoms with Crippen molar-refractivity contribution in [3.05, 3.63) is 22.4 Å². The summed E-state index contributed by atoms with van der Waals surface area (Å²) in [6.07, 6.45) is 0.0121. The summed E-state index contributed by atoms with van der Waals surface area (Å²) >= 11 is 2.98. The highest BCUT2D eigenvalue weighted by Gasteiger charge is 2.31. The molecule has 0 fully saturated rings. The molecule has 1 amide bonds. The number of nitrogens with zero attached hydrogens (tertiary/aromatic N) is 2. The average Bonchev–Trinajstić information content (AvgIpc) is 2.44. The van der Waals surface area contributed by atoms with Crippen LogP contribution in [0.1, 0.15) is 13.8 Å². The van der Waals surface area contributed by atoms with Crippen molar-refractivity contribution in [3.63, 3.8) is 0 Å². The van der Waals surface area contributed by atoms with Gasteiger partial charge in [0.2, 0.25) is 16.1 Å². The maximum Gasteiger partial charge on any atom is 0.428 e. The van der Waals surface area contributed by atoms with Crippen LogP contribution >= 0.6 is 15.9 Å². The van der Waals surface area contributed by atoms with Crippen LogP contribution in [-0.4, -0.2) is 33.0 Å². The molecule has 0 spiro atoms. The van der Waals surface area contributed by atoms with Crippen LogP contribution in [0.4, 0.5) is 20.6 Å². The third-order valence-electron chi connectivity index (χ3n) is 2.48. The van der Waals surface area contributed by atoms with Gasteiger partial charge in [0.25, 0.3) is 0 Å². The van der Waals surface area contributed by atoms with Crippen LogP contribution in [0.15, 0.2) is 21.6 Å². The van der Waals surface area contributed by atoms with E-state index in [-0.39, 0.29) is 22.5 Å². The molecule has 0 atom stereocenters.